The van der Waals surface area contributed by atoms with Gasteiger partial charge < -0.3 is 9.80 Å². The van der Waals surface area contributed by atoms with Crippen LogP contribution in [0.1, 0.15) is 52.9 Å². The monoisotopic (exact) mass is 324 g/mol. The lowest BCUT2D eigenvalue weighted by molar-refractivity contribution is -0.143. The minimum absolute atomic E-state index is 0.135. The highest BCUT2D eigenvalue weighted by Gasteiger charge is 2.53. The van der Waals surface area contributed by atoms with Gasteiger partial charge in [-0.2, -0.15) is 0 Å². The van der Waals surface area contributed by atoms with Crippen molar-refractivity contribution in [2.24, 2.45) is 11.8 Å². The van der Waals surface area contributed by atoms with Gasteiger partial charge in [0.1, 0.15) is 6.04 Å². The maximum absolute atomic E-state index is 13.0. The highest BCUT2D eigenvalue weighted by atomic mass is 32.2. The normalized spacial score (nSPS) is 35.9. The van der Waals surface area contributed by atoms with E-state index in [1.165, 1.54) is 6.42 Å². The zero-order chi connectivity index (χ0) is 15.9. The molecule has 4 nitrogen and oxygen atoms in total. The smallest absolute Gasteiger partial charge is 0.246 e. The lowest BCUT2D eigenvalue weighted by atomic mass is 9.89. The van der Waals surface area contributed by atoms with Gasteiger partial charge in [-0.1, -0.05) is 13.8 Å². The Morgan fingerprint density at radius 1 is 1.32 bits per heavy atom. The SMILES string of the molecule is CC(C)C1CCCN(C(=O)C2CSC3(C)CCC(=O)N23)CC1. The van der Waals surface area contributed by atoms with Crippen LogP contribution in [-0.2, 0) is 9.59 Å². The third kappa shape index (κ3) is 2.77. The van der Waals surface area contributed by atoms with E-state index in [-0.39, 0.29) is 22.7 Å². The minimum Gasteiger partial charge on any atom is -0.341 e. The Kier molecular flexibility index (Phi) is 4.45. The van der Waals surface area contributed by atoms with E-state index < -0.39 is 0 Å². The van der Waals surface area contributed by atoms with Crippen molar-refractivity contribution in [2.75, 3.05) is 18.8 Å². The first-order valence-electron chi connectivity index (χ1n) is 8.67. The fraction of sp³-hybridized carbons (Fsp3) is 0.882. The van der Waals surface area contributed by atoms with Crippen molar-refractivity contribution in [1.82, 2.24) is 9.80 Å². The number of carbonyl (C=O) groups is 2. The van der Waals surface area contributed by atoms with E-state index in [0.29, 0.717) is 12.3 Å². The maximum atomic E-state index is 13.0. The van der Waals surface area contributed by atoms with Crippen LogP contribution in [0.2, 0.25) is 0 Å². The van der Waals surface area contributed by atoms with Gasteiger partial charge in [0.15, 0.2) is 0 Å². The van der Waals surface area contributed by atoms with E-state index >= 15 is 0 Å². The van der Waals surface area contributed by atoms with Gasteiger partial charge in [-0.15, -0.1) is 11.8 Å². The number of thioether (sulfide) groups is 1. The molecule has 3 rings (SSSR count). The Hall–Kier alpha value is -0.710. The Morgan fingerprint density at radius 2 is 2.09 bits per heavy atom. The summed E-state index contributed by atoms with van der Waals surface area (Å²) in [6.07, 6.45) is 4.91. The van der Waals surface area contributed by atoms with Crippen LogP contribution in [0.15, 0.2) is 0 Å². The van der Waals surface area contributed by atoms with Crippen molar-refractivity contribution in [1.29, 1.82) is 0 Å². The summed E-state index contributed by atoms with van der Waals surface area (Å²) in [5, 5.41) is 0. The van der Waals surface area contributed by atoms with Crippen LogP contribution in [0.3, 0.4) is 0 Å². The van der Waals surface area contributed by atoms with Crippen LogP contribution in [0, 0.1) is 11.8 Å². The molecule has 0 bridgehead atoms. The van der Waals surface area contributed by atoms with Gasteiger partial charge >= 0.3 is 0 Å². The molecule has 3 aliphatic heterocycles. The van der Waals surface area contributed by atoms with E-state index in [9.17, 15) is 9.59 Å². The molecule has 0 aromatic rings. The second-order valence-corrected chi connectivity index (χ2v) is 9.03. The van der Waals surface area contributed by atoms with Crippen LogP contribution in [0.25, 0.3) is 0 Å². The van der Waals surface area contributed by atoms with Gasteiger partial charge in [0.05, 0.1) is 4.87 Å². The van der Waals surface area contributed by atoms with Crippen molar-refractivity contribution in [3.8, 4) is 0 Å². The average molecular weight is 324 g/mol. The standard InChI is InChI=1S/C17H28N2O2S/c1-12(2)13-5-4-9-18(10-7-13)16(21)14-11-22-17(3)8-6-15(20)19(14)17/h12-14H,4-11H2,1-3H3. The van der Waals surface area contributed by atoms with Gasteiger partial charge in [-0.25, -0.2) is 0 Å². The summed E-state index contributed by atoms with van der Waals surface area (Å²) < 4.78 is 0. The zero-order valence-corrected chi connectivity index (χ0v) is 14.8. The Labute approximate surface area is 138 Å². The molecule has 3 atom stereocenters. The molecular formula is C17H28N2O2S. The predicted molar refractivity (Wildman–Crippen MR) is 89.5 cm³/mol. The molecule has 3 saturated heterocycles. The summed E-state index contributed by atoms with van der Waals surface area (Å²) in [6, 6.07) is -0.222. The molecule has 0 N–H and O–H groups in total. The maximum Gasteiger partial charge on any atom is 0.246 e. The Morgan fingerprint density at radius 3 is 2.82 bits per heavy atom. The van der Waals surface area contributed by atoms with E-state index in [2.05, 4.69) is 20.8 Å². The molecule has 0 aromatic carbocycles. The molecule has 2 amide bonds. The molecular weight excluding hydrogens is 296 g/mol. The van der Waals surface area contributed by atoms with Crippen molar-refractivity contribution in [2.45, 2.75) is 63.8 Å². The molecule has 5 heteroatoms. The first-order chi connectivity index (χ1) is 10.4. The molecule has 0 saturated carbocycles. The number of amides is 2. The number of fused-ring (bicyclic) bond motifs is 1. The summed E-state index contributed by atoms with van der Waals surface area (Å²) >= 11 is 1.79. The predicted octanol–water partition coefficient (Wildman–Crippen LogP) is 2.73. The number of carbonyl (C=O) groups excluding carboxylic acids is 2. The molecule has 3 aliphatic rings. The Bertz CT molecular complexity index is 468. The van der Waals surface area contributed by atoms with Crippen LogP contribution in [-0.4, -0.2) is 51.4 Å². The largest absolute Gasteiger partial charge is 0.341 e. The number of likely N-dealkylation sites (tertiary alicyclic amines) is 1. The van der Waals surface area contributed by atoms with Crippen LogP contribution >= 0.6 is 11.8 Å². The summed E-state index contributed by atoms with van der Waals surface area (Å²) in [7, 11) is 0. The second kappa shape index (κ2) is 6.06. The third-order valence-corrected chi connectivity index (χ3v) is 7.26. The minimum atomic E-state index is -0.222. The van der Waals surface area contributed by atoms with Gasteiger partial charge in [-0.3, -0.25) is 9.59 Å². The van der Waals surface area contributed by atoms with Crippen molar-refractivity contribution in [3.05, 3.63) is 0 Å². The molecule has 0 aliphatic carbocycles. The molecule has 3 heterocycles. The zero-order valence-electron chi connectivity index (χ0n) is 14.0. The van der Waals surface area contributed by atoms with Crippen molar-refractivity contribution < 1.29 is 9.59 Å². The molecule has 3 fully saturated rings. The highest BCUT2D eigenvalue weighted by molar-refractivity contribution is 8.01. The van der Waals surface area contributed by atoms with Crippen molar-refractivity contribution >= 4 is 23.6 Å². The van der Waals surface area contributed by atoms with Gasteiger partial charge in [0.25, 0.3) is 0 Å². The van der Waals surface area contributed by atoms with E-state index in [4.69, 9.17) is 0 Å². The van der Waals surface area contributed by atoms with Crippen molar-refractivity contribution in [3.63, 3.8) is 0 Å². The Balaban J connectivity index is 1.68. The summed E-state index contributed by atoms with van der Waals surface area (Å²) in [6.45, 7) is 8.41. The van der Waals surface area contributed by atoms with E-state index in [1.54, 1.807) is 11.8 Å². The fourth-order valence-electron chi connectivity index (χ4n) is 4.22. The molecule has 0 radical (unpaired) electrons. The molecule has 3 unspecified atom stereocenters. The number of rotatable bonds is 2. The average Bonchev–Trinajstić information content (AvgIpc) is 2.83. The molecule has 0 spiro atoms. The lowest BCUT2D eigenvalue weighted by Crippen LogP contribution is -2.51. The topological polar surface area (TPSA) is 40.6 Å². The van der Waals surface area contributed by atoms with Crippen LogP contribution in [0.4, 0.5) is 0 Å². The number of hydrogen-bond donors (Lipinski definition) is 0. The van der Waals surface area contributed by atoms with Gasteiger partial charge in [0, 0.05) is 25.3 Å². The molecule has 0 aromatic heterocycles. The van der Waals surface area contributed by atoms with Crippen LogP contribution < -0.4 is 0 Å². The summed E-state index contributed by atoms with van der Waals surface area (Å²) in [4.78, 5) is 29.0. The number of hydrogen-bond acceptors (Lipinski definition) is 3. The first-order valence-corrected chi connectivity index (χ1v) is 9.66. The fourth-order valence-corrected chi connectivity index (χ4v) is 5.65. The summed E-state index contributed by atoms with van der Waals surface area (Å²) in [5.74, 6) is 2.55. The van der Waals surface area contributed by atoms with Crippen LogP contribution in [0.5, 0.6) is 0 Å². The number of nitrogens with zero attached hydrogens (tertiary/aromatic N) is 2. The highest BCUT2D eigenvalue weighted by Crippen LogP contribution is 2.47. The quantitative estimate of drug-likeness (QED) is 0.784. The second-order valence-electron chi connectivity index (χ2n) is 7.53. The molecule has 22 heavy (non-hydrogen) atoms. The van der Waals surface area contributed by atoms with Gasteiger partial charge in [-0.05, 0) is 44.4 Å². The molecule has 124 valence electrons. The third-order valence-electron chi connectivity index (χ3n) is 5.76. The van der Waals surface area contributed by atoms with Gasteiger partial charge in [0.2, 0.25) is 11.8 Å². The van der Waals surface area contributed by atoms with E-state index in [0.717, 1.165) is 44.0 Å². The van der Waals surface area contributed by atoms with E-state index in [1.807, 2.05) is 9.80 Å². The summed E-state index contributed by atoms with van der Waals surface area (Å²) in [5.41, 5.74) is 0. The lowest BCUT2D eigenvalue weighted by Gasteiger charge is -2.32. The first kappa shape index (κ1) is 16.2.